The summed E-state index contributed by atoms with van der Waals surface area (Å²) in [5.41, 5.74) is 0.584. The predicted molar refractivity (Wildman–Crippen MR) is 105 cm³/mol. The Hall–Kier alpha value is -1.84. The first-order valence-corrected chi connectivity index (χ1v) is 9.98. The minimum atomic E-state index is -0.997. The van der Waals surface area contributed by atoms with E-state index in [0.29, 0.717) is 11.5 Å². The van der Waals surface area contributed by atoms with Gasteiger partial charge in [-0.25, -0.2) is 9.59 Å². The first-order chi connectivity index (χ1) is 12.4. The second-order valence-electron chi connectivity index (χ2n) is 7.44. The molecule has 0 radical (unpaired) electrons. The van der Waals surface area contributed by atoms with Crippen molar-refractivity contribution in [1.82, 2.24) is 0 Å². The van der Waals surface area contributed by atoms with E-state index in [9.17, 15) is 9.59 Å². The third-order valence-corrected chi connectivity index (χ3v) is 4.58. The van der Waals surface area contributed by atoms with E-state index in [1.807, 2.05) is 0 Å². The van der Waals surface area contributed by atoms with Gasteiger partial charge in [-0.15, -0.1) is 0 Å². The maximum absolute atomic E-state index is 12.4. The lowest BCUT2D eigenvalue weighted by Crippen LogP contribution is -2.19. The van der Waals surface area contributed by atoms with Crippen LogP contribution in [0.2, 0.25) is 0 Å². The van der Waals surface area contributed by atoms with Gasteiger partial charge in [-0.05, 0) is 55.9 Å². The van der Waals surface area contributed by atoms with E-state index in [2.05, 4.69) is 20.8 Å². The highest BCUT2D eigenvalue weighted by molar-refractivity contribution is 5.92. The Kier molecular flexibility index (Phi) is 10.7. The number of hydrogen-bond donors (Lipinski definition) is 1. The number of benzene rings is 1. The molecule has 0 spiro atoms. The molecule has 0 heterocycles. The Morgan fingerprint density at radius 1 is 0.885 bits per heavy atom. The normalized spacial score (nSPS) is 12.2. The molecule has 146 valence electrons. The standard InChI is InChI=1S/C22H34O4/c1-4-5-6-7-8-11-20(12-9-10-17(2)3)26-22(25)19-15-13-18(14-16-19)21(23)24/h13-17,20H,4-12H2,1-3H3,(H,23,24). The minimum Gasteiger partial charge on any atom is -0.478 e. The van der Waals surface area contributed by atoms with Crippen molar-refractivity contribution in [3.8, 4) is 0 Å². The third-order valence-electron chi connectivity index (χ3n) is 4.58. The van der Waals surface area contributed by atoms with Crippen LogP contribution >= 0.6 is 0 Å². The lowest BCUT2D eigenvalue weighted by Gasteiger charge is -2.18. The molecular formula is C22H34O4. The molecular weight excluding hydrogens is 328 g/mol. The van der Waals surface area contributed by atoms with Crippen LogP contribution in [0.1, 0.15) is 99.3 Å². The number of carboxylic acid groups (broad SMARTS) is 1. The van der Waals surface area contributed by atoms with Crippen LogP contribution in [-0.4, -0.2) is 23.1 Å². The molecule has 4 nitrogen and oxygen atoms in total. The van der Waals surface area contributed by atoms with Gasteiger partial charge in [0.15, 0.2) is 0 Å². The number of rotatable bonds is 13. The lowest BCUT2D eigenvalue weighted by atomic mass is 10.0. The molecule has 0 saturated heterocycles. The van der Waals surface area contributed by atoms with Crippen LogP contribution in [0.25, 0.3) is 0 Å². The molecule has 1 aromatic rings. The molecule has 1 N–H and O–H groups in total. The van der Waals surface area contributed by atoms with Gasteiger partial charge in [0, 0.05) is 0 Å². The Bertz CT molecular complexity index is 534. The van der Waals surface area contributed by atoms with Crippen molar-refractivity contribution in [1.29, 1.82) is 0 Å². The third kappa shape index (κ3) is 9.02. The molecule has 0 aliphatic heterocycles. The first kappa shape index (κ1) is 22.2. The van der Waals surface area contributed by atoms with Gasteiger partial charge >= 0.3 is 11.9 Å². The minimum absolute atomic E-state index is 0.0537. The molecule has 0 bridgehead atoms. The topological polar surface area (TPSA) is 63.6 Å². The monoisotopic (exact) mass is 362 g/mol. The molecule has 1 unspecified atom stereocenters. The van der Waals surface area contributed by atoms with E-state index in [1.54, 1.807) is 0 Å². The fourth-order valence-electron chi connectivity index (χ4n) is 2.96. The van der Waals surface area contributed by atoms with Gasteiger partial charge in [0.05, 0.1) is 11.1 Å². The zero-order valence-corrected chi connectivity index (χ0v) is 16.5. The number of esters is 1. The fraction of sp³-hybridized carbons (Fsp3) is 0.636. The van der Waals surface area contributed by atoms with E-state index in [-0.39, 0.29) is 17.6 Å². The highest BCUT2D eigenvalue weighted by Gasteiger charge is 2.16. The van der Waals surface area contributed by atoms with Crippen LogP contribution in [0.5, 0.6) is 0 Å². The number of carbonyl (C=O) groups excluding carboxylic acids is 1. The molecule has 0 saturated carbocycles. The molecule has 0 aliphatic carbocycles. The summed E-state index contributed by atoms with van der Waals surface area (Å²) in [5.74, 6) is -0.701. The van der Waals surface area contributed by atoms with Gasteiger partial charge in [0.1, 0.15) is 6.10 Å². The number of hydrogen-bond acceptors (Lipinski definition) is 3. The molecule has 0 aliphatic rings. The molecule has 0 aromatic heterocycles. The van der Waals surface area contributed by atoms with Crippen molar-refractivity contribution in [3.05, 3.63) is 35.4 Å². The van der Waals surface area contributed by atoms with Crippen LogP contribution in [0.4, 0.5) is 0 Å². The molecule has 4 heteroatoms. The number of carbonyl (C=O) groups is 2. The fourth-order valence-corrected chi connectivity index (χ4v) is 2.96. The average molecular weight is 363 g/mol. The first-order valence-electron chi connectivity index (χ1n) is 9.98. The number of unbranched alkanes of at least 4 members (excludes halogenated alkanes) is 4. The summed E-state index contributed by atoms with van der Waals surface area (Å²) in [7, 11) is 0. The predicted octanol–water partition coefficient (Wildman–Crippen LogP) is 6.10. The summed E-state index contributed by atoms with van der Waals surface area (Å²) < 4.78 is 5.74. The van der Waals surface area contributed by atoms with Crippen LogP contribution in [0, 0.1) is 5.92 Å². The van der Waals surface area contributed by atoms with E-state index in [1.165, 1.54) is 49.9 Å². The van der Waals surface area contributed by atoms with Crippen molar-refractivity contribution in [3.63, 3.8) is 0 Å². The molecule has 0 amide bonds. The Labute approximate surface area is 158 Å². The Morgan fingerprint density at radius 3 is 2.04 bits per heavy atom. The van der Waals surface area contributed by atoms with Gasteiger partial charge in [-0.2, -0.15) is 0 Å². The SMILES string of the molecule is CCCCCCCC(CCCC(C)C)OC(=O)c1ccc(C(=O)O)cc1. The quantitative estimate of drug-likeness (QED) is 0.340. The van der Waals surface area contributed by atoms with Crippen molar-refractivity contribution < 1.29 is 19.4 Å². The number of carboxylic acids is 1. The summed E-state index contributed by atoms with van der Waals surface area (Å²) in [6.07, 6.45) is 9.91. The van der Waals surface area contributed by atoms with Crippen LogP contribution < -0.4 is 0 Å². The van der Waals surface area contributed by atoms with Gasteiger partial charge in [0.25, 0.3) is 0 Å². The second-order valence-corrected chi connectivity index (χ2v) is 7.44. The van der Waals surface area contributed by atoms with Crippen molar-refractivity contribution in [2.45, 2.75) is 84.7 Å². The van der Waals surface area contributed by atoms with Gasteiger partial charge < -0.3 is 9.84 Å². The molecule has 0 fully saturated rings. The van der Waals surface area contributed by atoms with Crippen molar-refractivity contribution in [2.24, 2.45) is 5.92 Å². The average Bonchev–Trinajstić information content (AvgIpc) is 2.61. The molecule has 1 atom stereocenters. The van der Waals surface area contributed by atoms with Crippen molar-refractivity contribution >= 4 is 11.9 Å². The van der Waals surface area contributed by atoms with E-state index >= 15 is 0 Å². The molecule has 1 rings (SSSR count). The maximum atomic E-state index is 12.4. The second kappa shape index (κ2) is 12.5. The van der Waals surface area contributed by atoms with E-state index in [0.717, 1.165) is 32.1 Å². The van der Waals surface area contributed by atoms with Gasteiger partial charge in [-0.1, -0.05) is 52.9 Å². The van der Waals surface area contributed by atoms with Gasteiger partial charge in [-0.3, -0.25) is 0 Å². The van der Waals surface area contributed by atoms with Crippen molar-refractivity contribution in [2.75, 3.05) is 0 Å². The summed E-state index contributed by atoms with van der Waals surface area (Å²) in [6.45, 7) is 6.61. The highest BCUT2D eigenvalue weighted by Crippen LogP contribution is 2.18. The number of ether oxygens (including phenoxy) is 1. The van der Waals surface area contributed by atoms with Crippen LogP contribution in [-0.2, 0) is 4.74 Å². The largest absolute Gasteiger partial charge is 0.478 e. The summed E-state index contributed by atoms with van der Waals surface area (Å²) >= 11 is 0. The lowest BCUT2D eigenvalue weighted by molar-refractivity contribution is 0.0247. The number of aromatic carboxylic acids is 1. The maximum Gasteiger partial charge on any atom is 0.338 e. The Balaban J connectivity index is 2.57. The van der Waals surface area contributed by atoms with Crippen LogP contribution in [0.15, 0.2) is 24.3 Å². The molecule has 26 heavy (non-hydrogen) atoms. The van der Waals surface area contributed by atoms with E-state index in [4.69, 9.17) is 9.84 Å². The summed E-state index contributed by atoms with van der Waals surface area (Å²) in [6, 6.07) is 5.94. The smallest absolute Gasteiger partial charge is 0.338 e. The Morgan fingerprint density at radius 2 is 1.46 bits per heavy atom. The summed E-state index contributed by atoms with van der Waals surface area (Å²) in [4.78, 5) is 23.3. The zero-order chi connectivity index (χ0) is 19.4. The van der Waals surface area contributed by atoms with E-state index < -0.39 is 5.97 Å². The zero-order valence-electron chi connectivity index (χ0n) is 16.5. The van der Waals surface area contributed by atoms with Gasteiger partial charge in [0.2, 0.25) is 0 Å². The van der Waals surface area contributed by atoms with Crippen LogP contribution in [0.3, 0.4) is 0 Å². The summed E-state index contributed by atoms with van der Waals surface area (Å²) in [5, 5.41) is 8.94. The highest BCUT2D eigenvalue weighted by atomic mass is 16.5. The molecule has 1 aromatic carbocycles.